The van der Waals surface area contributed by atoms with Crippen LogP contribution in [0.15, 0.2) is 72.6 Å². The highest BCUT2D eigenvalue weighted by molar-refractivity contribution is 5.93. The quantitative estimate of drug-likeness (QED) is 0.612. The Kier molecular flexibility index (Phi) is 6.45. The molecule has 1 fully saturated rings. The van der Waals surface area contributed by atoms with Crippen molar-refractivity contribution in [3.8, 4) is 11.9 Å². The molecule has 0 saturated carbocycles. The summed E-state index contributed by atoms with van der Waals surface area (Å²) in [6.45, 7) is 1.14. The van der Waals surface area contributed by atoms with Crippen molar-refractivity contribution in [3.63, 3.8) is 0 Å². The number of pyridine rings is 1. The van der Waals surface area contributed by atoms with Crippen LogP contribution in [0.2, 0.25) is 0 Å². The minimum absolute atomic E-state index is 0.0356. The molecule has 2 aromatic rings. The van der Waals surface area contributed by atoms with Crippen LogP contribution in [0.3, 0.4) is 0 Å². The predicted octanol–water partition coefficient (Wildman–Crippen LogP) is 3.38. The van der Waals surface area contributed by atoms with Crippen LogP contribution in [0.1, 0.15) is 35.2 Å². The molecule has 184 valence electrons. The van der Waals surface area contributed by atoms with Gasteiger partial charge in [-0.3, -0.25) is 9.48 Å². The number of rotatable bonds is 6. The van der Waals surface area contributed by atoms with Gasteiger partial charge in [-0.1, -0.05) is 6.08 Å². The van der Waals surface area contributed by atoms with Gasteiger partial charge >= 0.3 is 0 Å². The van der Waals surface area contributed by atoms with Gasteiger partial charge in [-0.15, -0.1) is 0 Å². The number of anilines is 1. The number of carbonyl (C=O) groups excluding carboxylic acids is 1. The highest BCUT2D eigenvalue weighted by Gasteiger charge is 2.30. The van der Waals surface area contributed by atoms with Crippen LogP contribution in [0, 0.1) is 11.3 Å². The Hall–Kier alpha value is -4.52. The fourth-order valence-corrected chi connectivity index (χ4v) is 4.40. The minimum Gasteiger partial charge on any atom is -0.488 e. The van der Waals surface area contributed by atoms with E-state index >= 15 is 0 Å². The lowest BCUT2D eigenvalue weighted by Gasteiger charge is -2.26. The van der Waals surface area contributed by atoms with Crippen LogP contribution in [-0.2, 0) is 16.5 Å². The fourth-order valence-electron chi connectivity index (χ4n) is 4.40. The molecule has 1 amide bonds. The first kappa shape index (κ1) is 23.2. The number of amides is 1. The summed E-state index contributed by atoms with van der Waals surface area (Å²) >= 11 is 0. The molecule has 0 unspecified atom stereocenters. The largest absolute Gasteiger partial charge is 0.488 e. The average molecular weight is 487 g/mol. The molecule has 36 heavy (non-hydrogen) atoms. The van der Waals surface area contributed by atoms with Crippen molar-refractivity contribution in [2.24, 2.45) is 7.05 Å². The number of aromatic nitrogens is 3. The Labute approximate surface area is 209 Å². The van der Waals surface area contributed by atoms with E-state index < -0.39 is 0 Å². The van der Waals surface area contributed by atoms with Gasteiger partial charge in [0, 0.05) is 38.0 Å². The summed E-state index contributed by atoms with van der Waals surface area (Å²) in [6.07, 6.45) is 16.5. The number of hydrogen-bond acceptors (Lipinski definition) is 8. The first-order valence-electron chi connectivity index (χ1n) is 11.7. The smallest absolute Gasteiger partial charge is 0.257 e. The van der Waals surface area contributed by atoms with Gasteiger partial charge in [0.1, 0.15) is 35.5 Å². The molecule has 1 saturated heterocycles. The molecule has 0 spiro atoms. The molecule has 0 radical (unpaired) electrons. The standard InChI is InChI=1S/C26H26N6O4/c1-30-15-19(13-29-30)26(33)32-8-7-21(16-32)36-23-6-4-3-5-22(23)24-17-31(9-10-35-24)20-11-18(12-27)25(34-2)28-14-20/h4,6,9-11,13-15,17,21H,3,5,7-8,16H2,1-2H3/t21-/m0/s1. The van der Waals surface area contributed by atoms with Crippen molar-refractivity contribution in [2.45, 2.75) is 25.4 Å². The number of likely N-dealkylation sites (tertiary alicyclic amines) is 1. The number of carbonyl (C=O) groups is 1. The molecular formula is C26H26N6O4. The molecule has 0 aromatic carbocycles. The molecule has 1 aliphatic carbocycles. The summed E-state index contributed by atoms with van der Waals surface area (Å²) in [4.78, 5) is 20.7. The molecule has 5 rings (SSSR count). The number of ether oxygens (including phenoxy) is 3. The topological polar surface area (TPSA) is 106 Å². The van der Waals surface area contributed by atoms with E-state index in [4.69, 9.17) is 14.2 Å². The fraction of sp³-hybridized carbons (Fsp3) is 0.308. The highest BCUT2D eigenvalue weighted by atomic mass is 16.5. The van der Waals surface area contributed by atoms with Gasteiger partial charge in [0.05, 0.1) is 43.5 Å². The van der Waals surface area contributed by atoms with Crippen LogP contribution in [0.25, 0.3) is 0 Å². The maximum absolute atomic E-state index is 12.8. The molecule has 2 aliphatic heterocycles. The van der Waals surface area contributed by atoms with Crippen LogP contribution in [0.4, 0.5) is 5.69 Å². The van der Waals surface area contributed by atoms with Crippen molar-refractivity contribution < 1.29 is 19.0 Å². The molecule has 10 nitrogen and oxygen atoms in total. The first-order chi connectivity index (χ1) is 17.6. The highest BCUT2D eigenvalue weighted by Crippen LogP contribution is 2.33. The molecule has 4 heterocycles. The van der Waals surface area contributed by atoms with Crippen LogP contribution < -0.4 is 9.64 Å². The maximum Gasteiger partial charge on any atom is 0.257 e. The monoisotopic (exact) mass is 486 g/mol. The Balaban J connectivity index is 1.33. The zero-order valence-electron chi connectivity index (χ0n) is 20.1. The number of nitrogens with zero attached hydrogens (tertiary/aromatic N) is 6. The number of methoxy groups -OCH3 is 1. The first-order valence-corrected chi connectivity index (χ1v) is 11.7. The van der Waals surface area contributed by atoms with Gasteiger partial charge < -0.3 is 24.0 Å². The Bertz CT molecular complexity index is 1330. The molecule has 0 N–H and O–H groups in total. The zero-order chi connectivity index (χ0) is 25.1. The Morgan fingerprint density at radius 3 is 3.00 bits per heavy atom. The third-order valence-corrected chi connectivity index (χ3v) is 6.22. The lowest BCUT2D eigenvalue weighted by atomic mass is 10.0. The number of aryl methyl sites for hydroxylation is 1. The molecule has 10 heteroatoms. The van der Waals surface area contributed by atoms with Gasteiger partial charge in [0.25, 0.3) is 5.91 Å². The zero-order valence-corrected chi connectivity index (χ0v) is 20.1. The van der Waals surface area contributed by atoms with E-state index in [0.29, 0.717) is 35.7 Å². The second-order valence-corrected chi connectivity index (χ2v) is 8.63. The van der Waals surface area contributed by atoms with Gasteiger partial charge in [-0.2, -0.15) is 10.4 Å². The SMILES string of the molecule is COc1ncc(N2C=COC(C3=C(O[C@H]4CCN(C(=O)c5cnn(C)c5)C4)C=CCC3)=C2)cc1C#N. The summed E-state index contributed by atoms with van der Waals surface area (Å²) in [5.41, 5.74) is 2.58. The van der Waals surface area contributed by atoms with Crippen molar-refractivity contribution in [2.75, 3.05) is 25.1 Å². The van der Waals surface area contributed by atoms with Crippen LogP contribution in [-0.4, -0.2) is 51.9 Å². The molecule has 0 bridgehead atoms. The molecule has 3 aliphatic rings. The van der Waals surface area contributed by atoms with Gasteiger partial charge in [-0.05, 0) is 25.0 Å². The molecule has 1 atom stereocenters. The number of allylic oxidation sites excluding steroid dienone is 3. The van der Waals surface area contributed by atoms with Crippen molar-refractivity contribution in [1.82, 2.24) is 19.7 Å². The van der Waals surface area contributed by atoms with Crippen LogP contribution in [0.5, 0.6) is 5.88 Å². The van der Waals surface area contributed by atoms with E-state index in [-0.39, 0.29) is 17.9 Å². The Morgan fingerprint density at radius 2 is 2.22 bits per heavy atom. The maximum atomic E-state index is 12.8. The lowest BCUT2D eigenvalue weighted by Crippen LogP contribution is -2.30. The predicted molar refractivity (Wildman–Crippen MR) is 130 cm³/mol. The Morgan fingerprint density at radius 1 is 1.33 bits per heavy atom. The molecule has 2 aromatic heterocycles. The second-order valence-electron chi connectivity index (χ2n) is 8.63. The van der Waals surface area contributed by atoms with Gasteiger partial charge in [0.2, 0.25) is 5.88 Å². The summed E-state index contributed by atoms with van der Waals surface area (Å²) in [5, 5.41) is 13.5. The van der Waals surface area contributed by atoms with Crippen molar-refractivity contribution in [3.05, 3.63) is 83.7 Å². The third-order valence-electron chi connectivity index (χ3n) is 6.22. The van der Waals surface area contributed by atoms with Gasteiger partial charge in [0.15, 0.2) is 0 Å². The summed E-state index contributed by atoms with van der Waals surface area (Å²) in [5.74, 6) is 1.65. The van der Waals surface area contributed by atoms with E-state index in [1.807, 2.05) is 17.2 Å². The second kappa shape index (κ2) is 10.00. The van der Waals surface area contributed by atoms with E-state index in [1.54, 1.807) is 53.7 Å². The van der Waals surface area contributed by atoms with Crippen molar-refractivity contribution in [1.29, 1.82) is 5.26 Å². The van der Waals surface area contributed by atoms with E-state index in [1.165, 1.54) is 7.11 Å². The average Bonchev–Trinajstić information content (AvgIpc) is 3.57. The van der Waals surface area contributed by atoms with Crippen LogP contribution >= 0.6 is 0 Å². The minimum atomic E-state index is -0.113. The normalized spacial score (nSPS) is 19.1. The van der Waals surface area contributed by atoms with E-state index in [2.05, 4.69) is 22.2 Å². The third kappa shape index (κ3) is 4.68. The lowest BCUT2D eigenvalue weighted by molar-refractivity contribution is 0.0742. The summed E-state index contributed by atoms with van der Waals surface area (Å²) in [7, 11) is 3.28. The molecular weight excluding hydrogens is 460 g/mol. The summed E-state index contributed by atoms with van der Waals surface area (Å²) < 4.78 is 19.0. The summed E-state index contributed by atoms with van der Waals surface area (Å²) in [6, 6.07) is 3.83. The van der Waals surface area contributed by atoms with E-state index in [9.17, 15) is 10.1 Å². The van der Waals surface area contributed by atoms with E-state index in [0.717, 1.165) is 30.6 Å². The van der Waals surface area contributed by atoms with Gasteiger partial charge in [-0.25, -0.2) is 4.98 Å². The van der Waals surface area contributed by atoms with Crippen molar-refractivity contribution >= 4 is 11.6 Å². The number of nitriles is 1. The number of hydrogen-bond donors (Lipinski definition) is 0.